The van der Waals surface area contributed by atoms with Crippen LogP contribution < -0.4 is 4.90 Å². The van der Waals surface area contributed by atoms with Gasteiger partial charge in [-0.1, -0.05) is 52.4 Å². The first-order valence-electron chi connectivity index (χ1n) is 6.46. The Bertz CT molecular complexity index is 597. The van der Waals surface area contributed by atoms with Crippen LogP contribution in [-0.4, -0.2) is 36.5 Å². The van der Waals surface area contributed by atoms with Crippen molar-refractivity contribution in [2.75, 3.05) is 31.2 Å². The van der Waals surface area contributed by atoms with Crippen LogP contribution >= 0.6 is 46.3 Å². The van der Waals surface area contributed by atoms with Gasteiger partial charge in [-0.3, -0.25) is 0 Å². The lowest BCUT2D eigenvalue weighted by Crippen LogP contribution is -2.36. The molecule has 0 N–H and O–H groups in total. The van der Waals surface area contributed by atoms with Gasteiger partial charge in [0.1, 0.15) is 0 Å². The molecule has 112 valence electrons. The molecular weight excluding hydrogens is 349 g/mol. The van der Waals surface area contributed by atoms with E-state index in [-0.39, 0.29) is 0 Å². The number of ether oxygens (including phenoxy) is 1. The Hall–Kier alpha value is -0.530. The van der Waals surface area contributed by atoms with Crippen LogP contribution in [0.5, 0.6) is 0 Å². The SMILES string of the molecule is Clc1cccc(Cl)c1CSc1nnc(N2CCOCC2)s1. The van der Waals surface area contributed by atoms with Crippen LogP contribution in [0.2, 0.25) is 10.0 Å². The van der Waals surface area contributed by atoms with Crippen molar-refractivity contribution in [3.05, 3.63) is 33.8 Å². The van der Waals surface area contributed by atoms with Crippen LogP contribution in [0.4, 0.5) is 5.13 Å². The molecule has 1 fully saturated rings. The molecule has 0 saturated carbocycles. The van der Waals surface area contributed by atoms with Crippen LogP contribution in [0.25, 0.3) is 0 Å². The Labute approximate surface area is 141 Å². The molecule has 0 unspecified atom stereocenters. The highest BCUT2D eigenvalue weighted by molar-refractivity contribution is 8.00. The number of benzene rings is 1. The van der Waals surface area contributed by atoms with Crippen LogP contribution in [0.3, 0.4) is 0 Å². The first kappa shape index (κ1) is 15.4. The molecule has 0 bridgehead atoms. The summed E-state index contributed by atoms with van der Waals surface area (Å²) < 4.78 is 6.26. The van der Waals surface area contributed by atoms with Gasteiger partial charge in [-0.15, -0.1) is 10.2 Å². The zero-order valence-corrected chi connectivity index (χ0v) is 14.2. The lowest BCUT2D eigenvalue weighted by atomic mass is 10.2. The van der Waals surface area contributed by atoms with Crippen LogP contribution in [-0.2, 0) is 10.5 Å². The zero-order chi connectivity index (χ0) is 14.7. The van der Waals surface area contributed by atoms with Gasteiger partial charge in [0.15, 0.2) is 4.34 Å². The third kappa shape index (κ3) is 3.81. The Morgan fingerprint density at radius 1 is 1.19 bits per heavy atom. The number of thioether (sulfide) groups is 1. The van der Waals surface area contributed by atoms with Gasteiger partial charge in [-0.2, -0.15) is 0 Å². The van der Waals surface area contributed by atoms with Crippen molar-refractivity contribution < 1.29 is 4.74 Å². The highest BCUT2D eigenvalue weighted by Crippen LogP contribution is 2.34. The van der Waals surface area contributed by atoms with E-state index in [1.807, 2.05) is 18.2 Å². The second-order valence-corrected chi connectivity index (χ2v) is 7.43. The van der Waals surface area contributed by atoms with Crippen molar-refractivity contribution in [2.45, 2.75) is 10.1 Å². The predicted octanol–water partition coefficient (Wildman–Crippen LogP) is 3.97. The first-order chi connectivity index (χ1) is 10.2. The molecule has 2 aromatic rings. The van der Waals surface area contributed by atoms with E-state index in [0.29, 0.717) is 15.8 Å². The van der Waals surface area contributed by atoms with Gasteiger partial charge in [-0.05, 0) is 17.7 Å². The molecule has 0 spiro atoms. The number of hydrogen-bond donors (Lipinski definition) is 0. The number of nitrogens with zero attached hydrogens (tertiary/aromatic N) is 3. The summed E-state index contributed by atoms with van der Waals surface area (Å²) in [4.78, 5) is 2.20. The van der Waals surface area contributed by atoms with Crippen molar-refractivity contribution in [2.24, 2.45) is 0 Å². The normalized spacial score (nSPS) is 15.4. The maximum Gasteiger partial charge on any atom is 0.209 e. The highest BCUT2D eigenvalue weighted by Gasteiger charge is 2.16. The monoisotopic (exact) mass is 361 g/mol. The van der Waals surface area contributed by atoms with Crippen molar-refractivity contribution in [1.29, 1.82) is 0 Å². The van der Waals surface area contributed by atoms with E-state index in [1.165, 1.54) is 0 Å². The molecule has 0 atom stereocenters. The van der Waals surface area contributed by atoms with E-state index >= 15 is 0 Å². The van der Waals surface area contributed by atoms with E-state index < -0.39 is 0 Å². The summed E-state index contributed by atoms with van der Waals surface area (Å²) in [6.45, 7) is 3.24. The fourth-order valence-corrected chi connectivity index (χ4v) is 4.58. The Kier molecular flexibility index (Phi) is 5.24. The van der Waals surface area contributed by atoms with Gasteiger partial charge in [0.25, 0.3) is 0 Å². The first-order valence-corrected chi connectivity index (χ1v) is 9.02. The molecule has 21 heavy (non-hydrogen) atoms. The van der Waals surface area contributed by atoms with Crippen LogP contribution in [0, 0.1) is 0 Å². The summed E-state index contributed by atoms with van der Waals surface area (Å²) in [6, 6.07) is 5.55. The predicted molar refractivity (Wildman–Crippen MR) is 89.0 cm³/mol. The molecule has 1 aliphatic rings. The lowest BCUT2D eigenvalue weighted by Gasteiger charge is -2.25. The maximum absolute atomic E-state index is 6.17. The van der Waals surface area contributed by atoms with Gasteiger partial charge < -0.3 is 9.64 Å². The number of morpholine rings is 1. The Morgan fingerprint density at radius 3 is 2.62 bits per heavy atom. The minimum atomic E-state index is 0.688. The summed E-state index contributed by atoms with van der Waals surface area (Å²) in [6.07, 6.45) is 0. The van der Waals surface area contributed by atoms with Gasteiger partial charge in [0.2, 0.25) is 5.13 Å². The van der Waals surface area contributed by atoms with E-state index in [4.69, 9.17) is 27.9 Å². The molecule has 1 saturated heterocycles. The molecule has 3 rings (SSSR count). The molecule has 1 aliphatic heterocycles. The summed E-state index contributed by atoms with van der Waals surface area (Å²) in [5, 5.41) is 10.8. The minimum absolute atomic E-state index is 0.688. The fourth-order valence-electron chi connectivity index (χ4n) is 1.95. The van der Waals surface area contributed by atoms with Gasteiger partial charge in [-0.25, -0.2) is 0 Å². The molecule has 1 aromatic carbocycles. The fraction of sp³-hybridized carbons (Fsp3) is 0.385. The topological polar surface area (TPSA) is 38.2 Å². The summed E-state index contributed by atoms with van der Waals surface area (Å²) in [5.41, 5.74) is 0.939. The number of aromatic nitrogens is 2. The van der Waals surface area contributed by atoms with Gasteiger partial charge >= 0.3 is 0 Å². The summed E-state index contributed by atoms with van der Waals surface area (Å²) in [5.74, 6) is 0.691. The third-order valence-electron chi connectivity index (χ3n) is 3.08. The average Bonchev–Trinajstić information content (AvgIpc) is 2.97. The van der Waals surface area contributed by atoms with Crippen molar-refractivity contribution in [3.8, 4) is 0 Å². The molecule has 0 radical (unpaired) electrons. The van der Waals surface area contributed by atoms with Crippen molar-refractivity contribution >= 4 is 51.4 Å². The van der Waals surface area contributed by atoms with Crippen LogP contribution in [0.15, 0.2) is 22.5 Å². The number of anilines is 1. The Morgan fingerprint density at radius 2 is 1.90 bits per heavy atom. The highest BCUT2D eigenvalue weighted by atomic mass is 35.5. The molecule has 0 aliphatic carbocycles. The third-order valence-corrected chi connectivity index (χ3v) is 5.93. The Balaban J connectivity index is 1.64. The molecule has 8 heteroatoms. The molecule has 0 amide bonds. The lowest BCUT2D eigenvalue weighted by molar-refractivity contribution is 0.122. The molecule has 1 aromatic heterocycles. The standard InChI is InChI=1S/C13H13Cl2N3OS2/c14-10-2-1-3-11(15)9(10)8-20-13-17-16-12(21-13)18-4-6-19-7-5-18/h1-3H,4-8H2. The molecular formula is C13H13Cl2N3OS2. The van der Waals surface area contributed by atoms with E-state index in [0.717, 1.165) is 41.3 Å². The van der Waals surface area contributed by atoms with Crippen LogP contribution in [0.1, 0.15) is 5.56 Å². The smallest absolute Gasteiger partial charge is 0.209 e. The van der Waals surface area contributed by atoms with Gasteiger partial charge in [0.05, 0.1) is 13.2 Å². The quantitative estimate of drug-likeness (QED) is 0.770. The van der Waals surface area contributed by atoms with Crippen molar-refractivity contribution in [1.82, 2.24) is 10.2 Å². The summed E-state index contributed by atoms with van der Waals surface area (Å²) in [7, 11) is 0. The minimum Gasteiger partial charge on any atom is -0.378 e. The largest absolute Gasteiger partial charge is 0.378 e. The average molecular weight is 362 g/mol. The van der Waals surface area contributed by atoms with Gasteiger partial charge in [0, 0.05) is 28.9 Å². The second kappa shape index (κ2) is 7.15. The second-order valence-electron chi connectivity index (χ2n) is 4.44. The maximum atomic E-state index is 6.17. The molecule has 2 heterocycles. The zero-order valence-electron chi connectivity index (χ0n) is 11.1. The number of rotatable bonds is 4. The number of hydrogen-bond acceptors (Lipinski definition) is 6. The van der Waals surface area contributed by atoms with E-state index in [2.05, 4.69) is 15.1 Å². The summed E-state index contributed by atoms with van der Waals surface area (Å²) >= 11 is 15.5. The van der Waals surface area contributed by atoms with E-state index in [1.54, 1.807) is 23.1 Å². The number of halogens is 2. The molecule has 4 nitrogen and oxygen atoms in total. The van der Waals surface area contributed by atoms with E-state index in [9.17, 15) is 0 Å². The van der Waals surface area contributed by atoms with Crippen molar-refractivity contribution in [3.63, 3.8) is 0 Å².